The van der Waals surface area contributed by atoms with Crippen molar-refractivity contribution in [2.24, 2.45) is 11.6 Å². The Morgan fingerprint density at radius 1 is 1.47 bits per heavy atom. The van der Waals surface area contributed by atoms with Crippen LogP contribution in [0.5, 0.6) is 5.75 Å². The van der Waals surface area contributed by atoms with E-state index in [1.54, 1.807) is 4.90 Å². The molecule has 1 aliphatic rings. The molecule has 6 heteroatoms. The third kappa shape index (κ3) is 2.38. The van der Waals surface area contributed by atoms with Gasteiger partial charge in [0.25, 0.3) is 5.91 Å². The van der Waals surface area contributed by atoms with E-state index in [9.17, 15) is 4.79 Å². The van der Waals surface area contributed by atoms with Crippen molar-refractivity contribution in [2.75, 3.05) is 24.7 Å². The Balaban J connectivity index is 2.34. The van der Waals surface area contributed by atoms with E-state index in [-0.39, 0.29) is 19.2 Å². The third-order valence-electron chi connectivity index (χ3n) is 2.65. The van der Waals surface area contributed by atoms with Crippen molar-refractivity contribution in [3.05, 3.63) is 23.8 Å². The van der Waals surface area contributed by atoms with Gasteiger partial charge in [0.05, 0.1) is 12.4 Å². The topological polar surface area (TPSA) is 93.6 Å². The first kappa shape index (κ1) is 11.8. The number of amides is 1. The lowest BCUT2D eigenvalue weighted by molar-refractivity contribution is -0.121. The van der Waals surface area contributed by atoms with E-state index in [0.29, 0.717) is 12.3 Å². The molecule has 17 heavy (non-hydrogen) atoms. The van der Waals surface area contributed by atoms with Crippen molar-refractivity contribution in [3.8, 4) is 5.75 Å². The zero-order valence-electron chi connectivity index (χ0n) is 9.48. The first-order valence-electron chi connectivity index (χ1n) is 5.46. The van der Waals surface area contributed by atoms with E-state index in [1.807, 2.05) is 18.2 Å². The molecule has 1 aromatic rings. The van der Waals surface area contributed by atoms with Crippen molar-refractivity contribution in [1.29, 1.82) is 0 Å². The minimum absolute atomic E-state index is 0.0465. The molecule has 0 radical (unpaired) electrons. The second-order valence-corrected chi connectivity index (χ2v) is 3.81. The van der Waals surface area contributed by atoms with Gasteiger partial charge in [0.2, 0.25) is 0 Å². The van der Waals surface area contributed by atoms with Gasteiger partial charge in [-0.15, -0.1) is 0 Å². The largest absolute Gasteiger partial charge is 0.482 e. The number of ether oxygens (including phenoxy) is 1. The number of rotatable bonds is 4. The molecular weight excluding hydrogens is 220 g/mol. The fourth-order valence-corrected chi connectivity index (χ4v) is 1.83. The summed E-state index contributed by atoms with van der Waals surface area (Å²) in [4.78, 5) is 13.3. The highest BCUT2D eigenvalue weighted by atomic mass is 16.5. The maximum atomic E-state index is 11.7. The Morgan fingerprint density at radius 3 is 3.00 bits per heavy atom. The van der Waals surface area contributed by atoms with E-state index >= 15 is 0 Å². The SMILES string of the molecule is NCCc1ccc2c(c1)N(CNN)C(=O)CO2. The summed E-state index contributed by atoms with van der Waals surface area (Å²) in [5.41, 5.74) is 9.81. The third-order valence-corrected chi connectivity index (χ3v) is 2.65. The van der Waals surface area contributed by atoms with Crippen LogP contribution in [0.2, 0.25) is 0 Å². The normalized spacial score (nSPS) is 14.5. The molecule has 1 heterocycles. The molecule has 0 spiro atoms. The molecule has 0 atom stereocenters. The monoisotopic (exact) mass is 236 g/mol. The predicted octanol–water partition coefficient (Wildman–Crippen LogP) is -0.666. The molecule has 2 rings (SSSR count). The summed E-state index contributed by atoms with van der Waals surface area (Å²) in [6.45, 7) is 0.884. The van der Waals surface area contributed by atoms with Crippen LogP contribution in [-0.2, 0) is 11.2 Å². The van der Waals surface area contributed by atoms with Crippen molar-refractivity contribution in [3.63, 3.8) is 0 Å². The van der Waals surface area contributed by atoms with Gasteiger partial charge in [-0.1, -0.05) is 6.07 Å². The van der Waals surface area contributed by atoms with Gasteiger partial charge in [-0.05, 0) is 30.7 Å². The molecule has 1 aromatic carbocycles. The predicted molar refractivity (Wildman–Crippen MR) is 64.4 cm³/mol. The number of nitrogens with one attached hydrogen (secondary N) is 1. The Labute approximate surface area is 99.5 Å². The van der Waals surface area contributed by atoms with Crippen LogP contribution in [0.1, 0.15) is 5.56 Å². The number of fused-ring (bicyclic) bond motifs is 1. The summed E-state index contributed by atoms with van der Waals surface area (Å²) >= 11 is 0. The van der Waals surface area contributed by atoms with Crippen molar-refractivity contribution >= 4 is 11.6 Å². The van der Waals surface area contributed by atoms with Gasteiger partial charge in [0, 0.05) is 0 Å². The van der Waals surface area contributed by atoms with Crippen molar-refractivity contribution in [2.45, 2.75) is 6.42 Å². The van der Waals surface area contributed by atoms with Crippen LogP contribution < -0.4 is 26.6 Å². The van der Waals surface area contributed by atoms with E-state index in [1.165, 1.54) is 0 Å². The lowest BCUT2D eigenvalue weighted by atomic mass is 10.1. The molecule has 1 aliphatic heterocycles. The van der Waals surface area contributed by atoms with Crippen LogP contribution >= 0.6 is 0 Å². The highest BCUT2D eigenvalue weighted by molar-refractivity contribution is 5.97. The summed E-state index contributed by atoms with van der Waals surface area (Å²) in [5, 5.41) is 0. The Hall–Kier alpha value is -1.63. The number of hydrogen-bond acceptors (Lipinski definition) is 5. The van der Waals surface area contributed by atoms with Crippen LogP contribution in [0, 0.1) is 0 Å². The number of nitrogens with two attached hydrogens (primary N) is 2. The number of benzene rings is 1. The molecule has 5 N–H and O–H groups in total. The smallest absolute Gasteiger partial charge is 0.266 e. The zero-order chi connectivity index (χ0) is 12.3. The number of hydrogen-bond donors (Lipinski definition) is 3. The highest BCUT2D eigenvalue weighted by Crippen LogP contribution is 2.32. The van der Waals surface area contributed by atoms with Crippen molar-refractivity contribution < 1.29 is 9.53 Å². The highest BCUT2D eigenvalue weighted by Gasteiger charge is 2.24. The van der Waals surface area contributed by atoms with Crippen LogP contribution in [-0.4, -0.2) is 25.7 Å². The number of anilines is 1. The van der Waals surface area contributed by atoms with Crippen molar-refractivity contribution in [1.82, 2.24) is 5.43 Å². The minimum atomic E-state index is -0.111. The summed E-state index contributed by atoms with van der Waals surface area (Å²) in [6, 6.07) is 5.72. The van der Waals surface area contributed by atoms with Gasteiger partial charge in [-0.2, -0.15) is 0 Å². The van der Waals surface area contributed by atoms with Gasteiger partial charge < -0.3 is 10.5 Å². The van der Waals surface area contributed by atoms with Crippen LogP contribution in [0.4, 0.5) is 5.69 Å². The van der Waals surface area contributed by atoms with E-state index in [2.05, 4.69) is 5.43 Å². The van der Waals surface area contributed by atoms with Gasteiger partial charge in [0.15, 0.2) is 6.61 Å². The van der Waals surface area contributed by atoms with Gasteiger partial charge in [-0.25, -0.2) is 5.43 Å². The van der Waals surface area contributed by atoms with Crippen LogP contribution in [0.25, 0.3) is 0 Å². The van der Waals surface area contributed by atoms with E-state index < -0.39 is 0 Å². The molecule has 0 saturated heterocycles. The molecule has 1 amide bonds. The standard InChI is InChI=1S/C11H16N4O2/c12-4-3-8-1-2-10-9(5-8)15(7-14-13)11(16)6-17-10/h1-2,5,14H,3-4,6-7,12-13H2. The van der Waals surface area contributed by atoms with Crippen LogP contribution in [0.3, 0.4) is 0 Å². The second-order valence-electron chi connectivity index (χ2n) is 3.81. The number of nitrogens with zero attached hydrogens (tertiary/aromatic N) is 1. The second kappa shape index (κ2) is 5.13. The Kier molecular flexibility index (Phi) is 3.58. The lowest BCUT2D eigenvalue weighted by Crippen LogP contribution is -2.46. The van der Waals surface area contributed by atoms with Gasteiger partial charge in [-0.3, -0.25) is 15.5 Å². The Morgan fingerprint density at radius 2 is 2.29 bits per heavy atom. The average molecular weight is 236 g/mol. The first-order chi connectivity index (χ1) is 8.26. The van der Waals surface area contributed by atoms with Gasteiger partial charge >= 0.3 is 0 Å². The fourth-order valence-electron chi connectivity index (χ4n) is 1.83. The number of carbonyl (C=O) groups excluding carboxylic acids is 1. The summed E-state index contributed by atoms with van der Waals surface area (Å²) in [7, 11) is 0. The maximum Gasteiger partial charge on any atom is 0.266 e. The Bertz CT molecular complexity index is 422. The summed E-state index contributed by atoms with van der Waals surface area (Å²) in [6.07, 6.45) is 0.769. The maximum absolute atomic E-state index is 11.7. The molecule has 0 saturated carbocycles. The molecule has 0 aliphatic carbocycles. The molecular formula is C11H16N4O2. The number of hydrazine groups is 1. The minimum Gasteiger partial charge on any atom is -0.482 e. The molecule has 0 bridgehead atoms. The van der Waals surface area contributed by atoms with Crippen LogP contribution in [0.15, 0.2) is 18.2 Å². The molecule has 0 fully saturated rings. The summed E-state index contributed by atoms with van der Waals surface area (Å²) in [5.74, 6) is 5.85. The number of carbonyl (C=O) groups is 1. The van der Waals surface area contributed by atoms with Gasteiger partial charge in [0.1, 0.15) is 5.75 Å². The zero-order valence-corrected chi connectivity index (χ0v) is 9.48. The quantitative estimate of drug-likeness (QED) is 0.476. The lowest BCUT2D eigenvalue weighted by Gasteiger charge is -2.29. The van der Waals surface area contributed by atoms with E-state index in [0.717, 1.165) is 17.7 Å². The average Bonchev–Trinajstić information content (AvgIpc) is 2.33. The first-order valence-corrected chi connectivity index (χ1v) is 5.46. The fraction of sp³-hybridized carbons (Fsp3) is 0.364. The van der Waals surface area contributed by atoms with E-state index in [4.69, 9.17) is 16.3 Å². The summed E-state index contributed by atoms with van der Waals surface area (Å²) < 4.78 is 5.35. The molecule has 92 valence electrons. The molecule has 0 aromatic heterocycles. The molecule has 6 nitrogen and oxygen atoms in total. The molecule has 0 unspecified atom stereocenters.